The molecule has 106 valence electrons. The van der Waals surface area contributed by atoms with Gasteiger partial charge >= 0.3 is 5.97 Å². The molecule has 2 aromatic carbocycles. The number of esters is 1. The van der Waals surface area contributed by atoms with Gasteiger partial charge in [0, 0.05) is 18.8 Å². The molecule has 0 N–H and O–H groups in total. The van der Waals surface area contributed by atoms with Gasteiger partial charge in [-0.05, 0) is 22.8 Å². The number of carbonyl (C=O) groups is 2. The maximum absolute atomic E-state index is 12.2. The van der Waals surface area contributed by atoms with E-state index in [1.165, 1.54) is 10.8 Å². The van der Waals surface area contributed by atoms with E-state index in [4.69, 9.17) is 4.74 Å². The van der Waals surface area contributed by atoms with Gasteiger partial charge in [0.25, 0.3) is 0 Å². The van der Waals surface area contributed by atoms with Crippen LogP contribution in [0.2, 0.25) is 0 Å². The van der Waals surface area contributed by atoms with E-state index in [-0.39, 0.29) is 17.7 Å². The van der Waals surface area contributed by atoms with Gasteiger partial charge in [0.15, 0.2) is 0 Å². The molecule has 1 heterocycles. The predicted molar refractivity (Wildman–Crippen MR) is 78.8 cm³/mol. The molecular weight excluding hydrogens is 264 g/mol. The van der Waals surface area contributed by atoms with Crippen molar-refractivity contribution in [2.24, 2.45) is 11.3 Å². The summed E-state index contributed by atoms with van der Waals surface area (Å²) in [5, 5.41) is 2.35. The first-order chi connectivity index (χ1) is 10.2. The maximum Gasteiger partial charge on any atom is 0.313 e. The fraction of sp³-hybridized carbons (Fsp3) is 0.333. The van der Waals surface area contributed by atoms with Crippen LogP contribution in [0.15, 0.2) is 42.5 Å². The molecule has 2 aromatic rings. The molecular formula is C18H16O3. The number of carbonyl (C=O) groups excluding carboxylic acids is 2. The summed E-state index contributed by atoms with van der Waals surface area (Å²) in [5.74, 6) is 0.0629. The molecule has 2 unspecified atom stereocenters. The van der Waals surface area contributed by atoms with Crippen molar-refractivity contribution in [2.45, 2.75) is 19.3 Å². The van der Waals surface area contributed by atoms with E-state index < -0.39 is 5.41 Å². The lowest BCUT2D eigenvalue weighted by Crippen LogP contribution is -2.31. The molecule has 3 nitrogen and oxygen atoms in total. The van der Waals surface area contributed by atoms with Crippen LogP contribution in [0.5, 0.6) is 0 Å². The standard InChI is InChI=1S/C18H16O3/c19-16-8-15-11-21-17(20)18(15,10-16)9-12-5-6-13-3-1-2-4-14(13)7-12/h1-7,15H,8-11H2. The zero-order valence-corrected chi connectivity index (χ0v) is 11.7. The summed E-state index contributed by atoms with van der Waals surface area (Å²) in [6, 6.07) is 14.4. The molecule has 1 aliphatic carbocycles. The third-order valence-corrected chi connectivity index (χ3v) is 4.92. The number of fused-ring (bicyclic) bond motifs is 2. The number of cyclic esters (lactones) is 1. The van der Waals surface area contributed by atoms with E-state index in [2.05, 4.69) is 30.3 Å². The highest BCUT2D eigenvalue weighted by Crippen LogP contribution is 2.49. The van der Waals surface area contributed by atoms with Gasteiger partial charge in [0.1, 0.15) is 5.78 Å². The molecule has 0 aromatic heterocycles. The second-order valence-corrected chi connectivity index (χ2v) is 6.23. The van der Waals surface area contributed by atoms with E-state index in [0.717, 1.165) is 5.56 Å². The Hall–Kier alpha value is -2.16. The molecule has 4 rings (SSSR count). The first kappa shape index (κ1) is 12.6. The molecule has 0 spiro atoms. The number of Topliss-reactive ketones (excluding diaryl/α,β-unsaturated/α-hetero) is 1. The Morgan fingerprint density at radius 1 is 1.10 bits per heavy atom. The highest BCUT2D eigenvalue weighted by molar-refractivity contribution is 5.93. The van der Waals surface area contributed by atoms with Crippen molar-refractivity contribution in [3.63, 3.8) is 0 Å². The second-order valence-electron chi connectivity index (χ2n) is 6.23. The largest absolute Gasteiger partial charge is 0.465 e. The predicted octanol–water partition coefficient (Wildman–Crippen LogP) is 2.90. The Morgan fingerprint density at radius 3 is 2.76 bits per heavy atom. The van der Waals surface area contributed by atoms with E-state index in [1.54, 1.807) is 0 Å². The molecule has 0 amide bonds. The number of hydrogen-bond acceptors (Lipinski definition) is 3. The molecule has 0 bridgehead atoms. The summed E-state index contributed by atoms with van der Waals surface area (Å²) in [5.41, 5.74) is 0.492. The summed E-state index contributed by atoms with van der Waals surface area (Å²) < 4.78 is 5.24. The summed E-state index contributed by atoms with van der Waals surface area (Å²) >= 11 is 0. The van der Waals surface area contributed by atoms with Gasteiger partial charge in [0.05, 0.1) is 12.0 Å². The maximum atomic E-state index is 12.2. The fourth-order valence-corrected chi connectivity index (χ4v) is 3.81. The highest BCUT2D eigenvalue weighted by Gasteiger charge is 2.57. The molecule has 1 saturated heterocycles. The summed E-state index contributed by atoms with van der Waals surface area (Å²) in [6.45, 7) is 0.401. The van der Waals surface area contributed by atoms with Crippen molar-refractivity contribution < 1.29 is 14.3 Å². The quantitative estimate of drug-likeness (QED) is 0.794. The molecule has 2 aliphatic rings. The zero-order chi connectivity index (χ0) is 14.4. The normalized spacial score (nSPS) is 27.9. The van der Waals surface area contributed by atoms with Crippen molar-refractivity contribution >= 4 is 22.5 Å². The lowest BCUT2D eigenvalue weighted by Gasteiger charge is -2.23. The van der Waals surface area contributed by atoms with Gasteiger partial charge in [-0.15, -0.1) is 0 Å². The lowest BCUT2D eigenvalue weighted by molar-refractivity contribution is -0.147. The zero-order valence-electron chi connectivity index (χ0n) is 11.7. The molecule has 1 aliphatic heterocycles. The fourth-order valence-electron chi connectivity index (χ4n) is 3.81. The molecule has 0 radical (unpaired) electrons. The third-order valence-electron chi connectivity index (χ3n) is 4.92. The molecule has 2 atom stereocenters. The van der Waals surface area contributed by atoms with Gasteiger partial charge in [-0.1, -0.05) is 42.5 Å². The monoisotopic (exact) mass is 280 g/mol. The average Bonchev–Trinajstić information content (AvgIpc) is 2.94. The van der Waals surface area contributed by atoms with Crippen LogP contribution in [0.4, 0.5) is 0 Å². The first-order valence-electron chi connectivity index (χ1n) is 7.34. The third kappa shape index (κ3) is 1.88. The topological polar surface area (TPSA) is 43.4 Å². The summed E-state index contributed by atoms with van der Waals surface area (Å²) in [6.07, 6.45) is 1.43. The molecule has 21 heavy (non-hydrogen) atoms. The highest BCUT2D eigenvalue weighted by atomic mass is 16.5. The Kier molecular flexibility index (Phi) is 2.64. The SMILES string of the molecule is O=C1CC2COC(=O)C2(Cc2ccc3ccccc3c2)C1. The van der Waals surface area contributed by atoms with Gasteiger partial charge in [-0.2, -0.15) is 0 Å². The molecule has 2 fully saturated rings. The summed E-state index contributed by atoms with van der Waals surface area (Å²) in [4.78, 5) is 24.0. The number of ketones is 1. The van der Waals surface area contributed by atoms with E-state index in [0.29, 0.717) is 25.9 Å². The number of rotatable bonds is 2. The van der Waals surface area contributed by atoms with Crippen LogP contribution in [0.1, 0.15) is 18.4 Å². The van der Waals surface area contributed by atoms with E-state index in [9.17, 15) is 9.59 Å². The van der Waals surface area contributed by atoms with Crippen molar-refractivity contribution in [3.8, 4) is 0 Å². The minimum atomic E-state index is -0.612. The van der Waals surface area contributed by atoms with Gasteiger partial charge in [-0.3, -0.25) is 9.59 Å². The number of ether oxygens (including phenoxy) is 1. The Bertz CT molecular complexity index is 749. The van der Waals surface area contributed by atoms with Crippen molar-refractivity contribution in [3.05, 3.63) is 48.0 Å². The van der Waals surface area contributed by atoms with Crippen LogP contribution in [-0.2, 0) is 20.7 Å². The van der Waals surface area contributed by atoms with Gasteiger partial charge in [-0.25, -0.2) is 0 Å². The van der Waals surface area contributed by atoms with Crippen LogP contribution in [0.3, 0.4) is 0 Å². The van der Waals surface area contributed by atoms with Crippen LogP contribution in [0, 0.1) is 11.3 Å². The van der Waals surface area contributed by atoms with Crippen molar-refractivity contribution in [1.82, 2.24) is 0 Å². The molecule has 1 saturated carbocycles. The lowest BCUT2D eigenvalue weighted by atomic mass is 9.75. The number of hydrogen-bond donors (Lipinski definition) is 0. The van der Waals surface area contributed by atoms with Crippen LogP contribution in [-0.4, -0.2) is 18.4 Å². The smallest absolute Gasteiger partial charge is 0.313 e. The van der Waals surface area contributed by atoms with E-state index >= 15 is 0 Å². The average molecular weight is 280 g/mol. The van der Waals surface area contributed by atoms with Crippen LogP contribution < -0.4 is 0 Å². The van der Waals surface area contributed by atoms with Crippen molar-refractivity contribution in [1.29, 1.82) is 0 Å². The minimum Gasteiger partial charge on any atom is -0.465 e. The Balaban J connectivity index is 1.73. The van der Waals surface area contributed by atoms with Crippen LogP contribution in [0.25, 0.3) is 10.8 Å². The molecule has 3 heteroatoms. The van der Waals surface area contributed by atoms with Gasteiger partial charge in [0.2, 0.25) is 0 Å². The van der Waals surface area contributed by atoms with E-state index in [1.807, 2.05) is 12.1 Å². The number of benzene rings is 2. The van der Waals surface area contributed by atoms with Gasteiger partial charge < -0.3 is 4.74 Å². The Labute approximate surface area is 122 Å². The Morgan fingerprint density at radius 2 is 1.90 bits per heavy atom. The van der Waals surface area contributed by atoms with Crippen molar-refractivity contribution in [2.75, 3.05) is 6.61 Å². The van der Waals surface area contributed by atoms with Crippen LogP contribution >= 0.6 is 0 Å². The minimum absolute atomic E-state index is 0.0592. The second kappa shape index (κ2) is 4.42. The first-order valence-corrected chi connectivity index (χ1v) is 7.34. The summed E-state index contributed by atoms with van der Waals surface area (Å²) in [7, 11) is 0.